The van der Waals surface area contributed by atoms with E-state index in [1.165, 1.54) is 20.5 Å². The second-order valence-electron chi connectivity index (χ2n) is 5.22. The number of ether oxygens (including phenoxy) is 3. The average Bonchev–Trinajstić information content (AvgIpc) is 3.01. The van der Waals surface area contributed by atoms with E-state index < -0.39 is 23.9 Å². The van der Waals surface area contributed by atoms with Gasteiger partial charge in [0.05, 0.1) is 40.4 Å². The van der Waals surface area contributed by atoms with Crippen molar-refractivity contribution in [1.29, 1.82) is 0 Å². The lowest BCUT2D eigenvalue weighted by atomic mass is 10.1. The summed E-state index contributed by atoms with van der Waals surface area (Å²) in [5.74, 6) is -1.16. The monoisotopic (exact) mass is 349 g/mol. The molecule has 0 aliphatic carbocycles. The highest BCUT2D eigenvalue weighted by molar-refractivity contribution is 5.91. The molecule has 1 atom stereocenters. The van der Waals surface area contributed by atoms with Gasteiger partial charge in [-0.05, 0) is 12.1 Å². The summed E-state index contributed by atoms with van der Waals surface area (Å²) in [6.45, 7) is 0. The Morgan fingerprint density at radius 2 is 1.92 bits per heavy atom. The molecule has 8 nitrogen and oxygen atoms in total. The van der Waals surface area contributed by atoms with Crippen molar-refractivity contribution in [3.05, 3.63) is 30.0 Å². The Morgan fingerprint density at radius 3 is 2.56 bits per heavy atom. The van der Waals surface area contributed by atoms with Crippen LogP contribution in [0.5, 0.6) is 5.75 Å². The molecule has 1 aromatic carbocycles. The molecule has 2 rings (SSSR count). The maximum Gasteiger partial charge on any atom is 0.328 e. The van der Waals surface area contributed by atoms with Gasteiger partial charge in [-0.25, -0.2) is 4.79 Å². The predicted octanol–water partition coefficient (Wildman–Crippen LogP) is 1.20. The molecule has 0 bridgehead atoms. The largest absolute Gasteiger partial charge is 0.497 e. The molecule has 1 heterocycles. The van der Waals surface area contributed by atoms with E-state index in [0.29, 0.717) is 16.9 Å². The highest BCUT2D eigenvalue weighted by Crippen LogP contribution is 2.25. The van der Waals surface area contributed by atoms with E-state index >= 15 is 0 Å². The summed E-state index contributed by atoms with van der Waals surface area (Å²) in [6.07, 6.45) is 1.14. The molecule has 0 spiro atoms. The predicted molar refractivity (Wildman–Crippen MR) is 87.0 cm³/mol. The van der Waals surface area contributed by atoms with Crippen molar-refractivity contribution in [2.75, 3.05) is 21.3 Å². The van der Waals surface area contributed by atoms with Gasteiger partial charge in [-0.1, -0.05) is 0 Å². The lowest BCUT2D eigenvalue weighted by Gasteiger charge is -2.15. The number of esters is 2. The van der Waals surface area contributed by atoms with Crippen LogP contribution in [0.25, 0.3) is 11.0 Å². The number of carbonyl (C=O) groups excluding carboxylic acids is 3. The van der Waals surface area contributed by atoms with E-state index in [0.717, 1.165) is 5.39 Å². The first kappa shape index (κ1) is 18.3. The Bertz CT molecular complexity index is 780. The van der Waals surface area contributed by atoms with Gasteiger partial charge >= 0.3 is 11.9 Å². The fourth-order valence-electron chi connectivity index (χ4n) is 2.33. The fraction of sp³-hybridized carbons (Fsp3) is 0.353. The normalized spacial score (nSPS) is 11.6. The summed E-state index contributed by atoms with van der Waals surface area (Å²) in [7, 11) is 3.92. The first-order valence-electron chi connectivity index (χ1n) is 7.46. The van der Waals surface area contributed by atoms with Crippen LogP contribution in [0.4, 0.5) is 0 Å². The lowest BCUT2D eigenvalue weighted by molar-refractivity contribution is -0.150. The minimum Gasteiger partial charge on any atom is -0.497 e. The topological polar surface area (TPSA) is 104 Å². The number of nitrogens with one attached hydrogen (secondary N) is 1. The molecule has 8 heteroatoms. The van der Waals surface area contributed by atoms with Crippen molar-refractivity contribution in [3.8, 4) is 5.75 Å². The highest BCUT2D eigenvalue weighted by atomic mass is 16.5. The molecule has 1 aromatic heterocycles. The number of fused-ring (bicyclic) bond motifs is 1. The van der Waals surface area contributed by atoms with Crippen molar-refractivity contribution >= 4 is 28.8 Å². The molecular weight excluding hydrogens is 330 g/mol. The Hall–Kier alpha value is -3.03. The van der Waals surface area contributed by atoms with Crippen LogP contribution in [-0.2, 0) is 30.3 Å². The molecule has 0 radical (unpaired) electrons. The van der Waals surface area contributed by atoms with Gasteiger partial charge in [0.2, 0.25) is 5.91 Å². The van der Waals surface area contributed by atoms with Gasteiger partial charge in [0.25, 0.3) is 0 Å². The van der Waals surface area contributed by atoms with Crippen molar-refractivity contribution in [3.63, 3.8) is 0 Å². The van der Waals surface area contributed by atoms with E-state index in [1.54, 1.807) is 25.3 Å². The molecule has 0 aliphatic heterocycles. The van der Waals surface area contributed by atoms with Gasteiger partial charge in [-0.3, -0.25) is 9.59 Å². The minimum atomic E-state index is -1.11. The van der Waals surface area contributed by atoms with Crippen molar-refractivity contribution in [2.45, 2.75) is 18.9 Å². The molecule has 1 N–H and O–H groups in total. The van der Waals surface area contributed by atoms with Crippen LogP contribution in [0, 0.1) is 0 Å². The van der Waals surface area contributed by atoms with Gasteiger partial charge in [0.1, 0.15) is 17.4 Å². The van der Waals surface area contributed by atoms with Gasteiger partial charge < -0.3 is 23.9 Å². The van der Waals surface area contributed by atoms with E-state index in [9.17, 15) is 14.4 Å². The van der Waals surface area contributed by atoms with E-state index in [2.05, 4.69) is 14.8 Å². The summed E-state index contributed by atoms with van der Waals surface area (Å²) in [6, 6.07) is 4.15. The first-order valence-corrected chi connectivity index (χ1v) is 7.46. The van der Waals surface area contributed by atoms with E-state index in [4.69, 9.17) is 9.15 Å². The van der Waals surface area contributed by atoms with E-state index in [-0.39, 0.29) is 12.8 Å². The van der Waals surface area contributed by atoms with Gasteiger partial charge in [-0.2, -0.15) is 0 Å². The molecule has 0 saturated heterocycles. The number of amides is 1. The standard InChI is InChI=1S/C17H19NO7/c1-22-11-4-5-12-10(9-25-14(12)7-11)6-15(19)18-13(17(21)24-3)8-16(20)23-2/h4-5,7,9,13H,6,8H2,1-3H3,(H,18,19)/t13-/m0/s1. The smallest absolute Gasteiger partial charge is 0.328 e. The van der Waals surface area contributed by atoms with Crippen LogP contribution < -0.4 is 10.1 Å². The Balaban J connectivity index is 2.09. The Morgan fingerprint density at radius 1 is 1.16 bits per heavy atom. The summed E-state index contributed by atoms with van der Waals surface area (Å²) >= 11 is 0. The number of rotatable bonds is 7. The van der Waals surface area contributed by atoms with Crippen LogP contribution in [0.15, 0.2) is 28.9 Å². The summed E-state index contributed by atoms with van der Waals surface area (Å²) in [5.41, 5.74) is 1.23. The first-order chi connectivity index (χ1) is 12.0. The third-order valence-electron chi connectivity index (χ3n) is 3.63. The molecule has 2 aromatic rings. The molecule has 0 aliphatic rings. The number of carbonyl (C=O) groups is 3. The highest BCUT2D eigenvalue weighted by Gasteiger charge is 2.25. The maximum atomic E-state index is 12.2. The summed E-state index contributed by atoms with van der Waals surface area (Å²) < 4.78 is 19.7. The van der Waals surface area contributed by atoms with Crippen molar-refractivity contribution in [2.24, 2.45) is 0 Å². The number of furan rings is 1. The zero-order valence-corrected chi connectivity index (χ0v) is 14.2. The van der Waals surface area contributed by atoms with Crippen LogP contribution in [0.1, 0.15) is 12.0 Å². The Kier molecular flexibility index (Phi) is 5.99. The molecule has 25 heavy (non-hydrogen) atoms. The average molecular weight is 349 g/mol. The second kappa shape index (κ2) is 8.18. The van der Waals surface area contributed by atoms with Crippen LogP contribution in [0.3, 0.4) is 0 Å². The number of hydrogen-bond donors (Lipinski definition) is 1. The minimum absolute atomic E-state index is 0.0198. The maximum absolute atomic E-state index is 12.2. The Labute approximate surface area is 144 Å². The zero-order valence-electron chi connectivity index (χ0n) is 14.2. The van der Waals surface area contributed by atoms with Gasteiger partial charge in [0, 0.05) is 17.0 Å². The molecule has 0 unspecified atom stereocenters. The number of methoxy groups -OCH3 is 3. The van der Waals surface area contributed by atoms with Crippen molar-refractivity contribution in [1.82, 2.24) is 5.32 Å². The molecular formula is C17H19NO7. The zero-order chi connectivity index (χ0) is 18.4. The van der Waals surface area contributed by atoms with Crippen LogP contribution in [0.2, 0.25) is 0 Å². The molecule has 1 amide bonds. The quantitative estimate of drug-likeness (QED) is 0.749. The van der Waals surface area contributed by atoms with Crippen LogP contribution >= 0.6 is 0 Å². The van der Waals surface area contributed by atoms with Crippen LogP contribution in [-0.4, -0.2) is 45.2 Å². The third-order valence-corrected chi connectivity index (χ3v) is 3.63. The SMILES string of the molecule is COC(=O)C[C@H](NC(=O)Cc1coc2cc(OC)ccc12)C(=O)OC. The number of benzene rings is 1. The van der Waals surface area contributed by atoms with E-state index in [1.807, 2.05) is 0 Å². The van der Waals surface area contributed by atoms with Gasteiger partial charge in [0.15, 0.2) is 0 Å². The third kappa shape index (κ3) is 4.50. The lowest BCUT2D eigenvalue weighted by Crippen LogP contribution is -2.43. The fourth-order valence-corrected chi connectivity index (χ4v) is 2.33. The molecule has 134 valence electrons. The van der Waals surface area contributed by atoms with Gasteiger partial charge in [-0.15, -0.1) is 0 Å². The second-order valence-corrected chi connectivity index (χ2v) is 5.22. The summed E-state index contributed by atoms with van der Waals surface area (Å²) in [4.78, 5) is 35.3. The number of hydrogen-bond acceptors (Lipinski definition) is 7. The molecule has 0 fully saturated rings. The van der Waals surface area contributed by atoms with Crippen molar-refractivity contribution < 1.29 is 33.0 Å². The molecule has 0 saturated carbocycles. The summed E-state index contributed by atoms with van der Waals surface area (Å²) in [5, 5.41) is 3.24.